The summed E-state index contributed by atoms with van der Waals surface area (Å²) in [7, 11) is 0. The Labute approximate surface area is 203 Å². The second kappa shape index (κ2) is 9.31. The van der Waals surface area contributed by atoms with Crippen LogP contribution in [0.5, 0.6) is 0 Å². The van der Waals surface area contributed by atoms with E-state index in [1.165, 1.54) is 0 Å². The van der Waals surface area contributed by atoms with Crippen LogP contribution in [0.3, 0.4) is 0 Å². The second-order valence-electron chi connectivity index (χ2n) is 8.57. The lowest BCUT2D eigenvalue weighted by molar-refractivity contribution is -0.122. The Kier molecular flexibility index (Phi) is 6.07. The molecule has 2 aliphatic heterocycles. The monoisotopic (exact) mass is 473 g/mol. The van der Waals surface area contributed by atoms with Crippen molar-refractivity contribution in [3.63, 3.8) is 0 Å². The number of benzene rings is 3. The number of anilines is 1. The molecule has 0 aliphatic carbocycles. The molecule has 3 aromatic rings. The smallest absolute Gasteiger partial charge is 0.256 e. The number of halogens is 1. The van der Waals surface area contributed by atoms with Gasteiger partial charge in [0.25, 0.3) is 11.8 Å². The molecule has 1 atom stereocenters. The predicted octanol–water partition coefficient (Wildman–Crippen LogP) is 4.42. The van der Waals surface area contributed by atoms with Crippen LogP contribution in [0.15, 0.2) is 72.8 Å². The number of nitrogens with zero attached hydrogens (tertiary/aromatic N) is 2. The number of hydrogen-bond acceptors (Lipinski definition) is 3. The zero-order valence-electron chi connectivity index (χ0n) is 18.5. The number of carbonyl (C=O) groups excluding carboxylic acids is 3. The number of fused-ring (bicyclic) bond motifs is 2. The fraction of sp³-hybridized carbons (Fsp3) is 0.222. The topological polar surface area (TPSA) is 69.7 Å². The molecule has 0 saturated carbocycles. The van der Waals surface area contributed by atoms with Gasteiger partial charge in [0.2, 0.25) is 5.91 Å². The van der Waals surface area contributed by atoms with Crippen molar-refractivity contribution in [2.45, 2.75) is 32.0 Å². The number of para-hydroxylation sites is 1. The summed E-state index contributed by atoms with van der Waals surface area (Å²) in [6, 6.07) is 21.4. The summed E-state index contributed by atoms with van der Waals surface area (Å²) < 4.78 is 0. The first kappa shape index (κ1) is 22.2. The van der Waals surface area contributed by atoms with Gasteiger partial charge in [0, 0.05) is 23.7 Å². The molecule has 0 bridgehead atoms. The Balaban J connectivity index is 1.39. The van der Waals surface area contributed by atoms with Crippen LogP contribution in [0.1, 0.15) is 44.7 Å². The molecule has 0 spiro atoms. The zero-order valence-corrected chi connectivity index (χ0v) is 19.3. The first-order valence-corrected chi connectivity index (χ1v) is 11.7. The third-order valence-electron chi connectivity index (χ3n) is 6.42. The minimum atomic E-state index is -0.443. The van der Waals surface area contributed by atoms with E-state index in [1.807, 2.05) is 42.5 Å². The largest absolute Gasteiger partial charge is 0.348 e. The summed E-state index contributed by atoms with van der Waals surface area (Å²) in [5.74, 6) is -0.396. The Morgan fingerprint density at radius 1 is 1.00 bits per heavy atom. The van der Waals surface area contributed by atoms with Crippen LogP contribution in [0.4, 0.5) is 5.69 Å². The molecule has 2 aliphatic rings. The lowest BCUT2D eigenvalue weighted by atomic mass is 10.1. The summed E-state index contributed by atoms with van der Waals surface area (Å²) in [5.41, 5.74) is 3.30. The molecule has 5 rings (SSSR count). The van der Waals surface area contributed by atoms with Gasteiger partial charge in [-0.1, -0.05) is 54.1 Å². The van der Waals surface area contributed by atoms with E-state index in [1.54, 1.807) is 40.1 Å². The van der Waals surface area contributed by atoms with Crippen LogP contribution in [-0.4, -0.2) is 35.2 Å². The third kappa shape index (κ3) is 4.17. The number of nitrogens with one attached hydrogen (secondary N) is 1. The minimum absolute atomic E-state index is 0.0793. The maximum absolute atomic E-state index is 13.5. The SMILES string of the molecule is O=C(NCc1ccccc1Cl)c1cccc(CN2C(=O)[C@@H]3CCCN3C(=O)c3ccccc32)c1. The van der Waals surface area contributed by atoms with E-state index in [4.69, 9.17) is 11.6 Å². The minimum Gasteiger partial charge on any atom is -0.348 e. The van der Waals surface area contributed by atoms with E-state index < -0.39 is 6.04 Å². The molecule has 6 nitrogen and oxygen atoms in total. The van der Waals surface area contributed by atoms with Gasteiger partial charge in [0.05, 0.1) is 17.8 Å². The average molecular weight is 474 g/mol. The molecule has 0 unspecified atom stereocenters. The first-order chi connectivity index (χ1) is 16.5. The normalized spacial score (nSPS) is 17.3. The maximum Gasteiger partial charge on any atom is 0.256 e. The van der Waals surface area contributed by atoms with Crippen LogP contribution in [0.25, 0.3) is 0 Å². The number of carbonyl (C=O) groups is 3. The lowest BCUT2D eigenvalue weighted by Crippen LogP contribution is -2.44. The quantitative estimate of drug-likeness (QED) is 0.596. The highest BCUT2D eigenvalue weighted by atomic mass is 35.5. The molecule has 0 radical (unpaired) electrons. The standard InChI is InChI=1S/C27H24ClN3O3/c28-22-11-3-1-8-20(22)16-29-25(32)19-9-5-7-18(15-19)17-31-23-12-4-2-10-21(23)26(33)30-14-6-13-24(30)27(31)34/h1-5,7-12,15,24H,6,13-14,16-17H2,(H,29,32)/t24-/m0/s1. The highest BCUT2D eigenvalue weighted by molar-refractivity contribution is 6.31. The number of hydrogen-bond donors (Lipinski definition) is 1. The Bertz CT molecular complexity index is 1280. The molecule has 0 aromatic heterocycles. The fourth-order valence-electron chi connectivity index (χ4n) is 4.69. The summed E-state index contributed by atoms with van der Waals surface area (Å²) in [4.78, 5) is 42.8. The van der Waals surface area contributed by atoms with Gasteiger partial charge in [-0.2, -0.15) is 0 Å². The average Bonchev–Trinajstić information content (AvgIpc) is 3.33. The van der Waals surface area contributed by atoms with E-state index in [2.05, 4.69) is 5.32 Å². The second-order valence-corrected chi connectivity index (χ2v) is 8.98. The van der Waals surface area contributed by atoms with E-state index in [0.29, 0.717) is 41.3 Å². The first-order valence-electron chi connectivity index (χ1n) is 11.3. The van der Waals surface area contributed by atoms with Gasteiger partial charge in [-0.25, -0.2) is 0 Å². The molecule has 1 saturated heterocycles. The van der Waals surface area contributed by atoms with Crippen molar-refractivity contribution in [1.82, 2.24) is 10.2 Å². The van der Waals surface area contributed by atoms with Crippen molar-refractivity contribution < 1.29 is 14.4 Å². The summed E-state index contributed by atoms with van der Waals surface area (Å²) in [6.45, 7) is 1.19. The summed E-state index contributed by atoms with van der Waals surface area (Å²) in [6.07, 6.45) is 1.48. The third-order valence-corrected chi connectivity index (χ3v) is 6.79. The zero-order chi connectivity index (χ0) is 23.7. The molecule has 3 aromatic carbocycles. The van der Waals surface area contributed by atoms with E-state index in [9.17, 15) is 14.4 Å². The highest BCUT2D eigenvalue weighted by Crippen LogP contribution is 2.33. The van der Waals surface area contributed by atoms with Crippen LogP contribution in [0, 0.1) is 0 Å². The van der Waals surface area contributed by atoms with Gasteiger partial charge in [-0.15, -0.1) is 0 Å². The molecule has 7 heteroatoms. The maximum atomic E-state index is 13.5. The Morgan fingerprint density at radius 3 is 2.65 bits per heavy atom. The predicted molar refractivity (Wildman–Crippen MR) is 131 cm³/mol. The van der Waals surface area contributed by atoms with Gasteiger partial charge in [0.1, 0.15) is 6.04 Å². The van der Waals surface area contributed by atoms with Crippen molar-refractivity contribution in [2.24, 2.45) is 0 Å². The molecule has 34 heavy (non-hydrogen) atoms. The van der Waals surface area contributed by atoms with Crippen LogP contribution < -0.4 is 10.2 Å². The molecule has 172 valence electrons. The van der Waals surface area contributed by atoms with Crippen molar-refractivity contribution in [2.75, 3.05) is 11.4 Å². The summed E-state index contributed by atoms with van der Waals surface area (Å²) in [5, 5.41) is 3.50. The highest BCUT2D eigenvalue weighted by Gasteiger charge is 2.41. The van der Waals surface area contributed by atoms with Crippen molar-refractivity contribution in [1.29, 1.82) is 0 Å². The van der Waals surface area contributed by atoms with Crippen LogP contribution in [-0.2, 0) is 17.9 Å². The van der Waals surface area contributed by atoms with E-state index >= 15 is 0 Å². The van der Waals surface area contributed by atoms with Gasteiger partial charge in [-0.05, 0) is 54.3 Å². The van der Waals surface area contributed by atoms with Crippen LogP contribution >= 0.6 is 11.6 Å². The Hall–Kier alpha value is -3.64. The van der Waals surface area contributed by atoms with Gasteiger partial charge in [-0.3, -0.25) is 14.4 Å². The van der Waals surface area contributed by atoms with Gasteiger partial charge < -0.3 is 15.1 Å². The van der Waals surface area contributed by atoms with Crippen molar-refractivity contribution in [3.05, 3.63) is 100 Å². The van der Waals surface area contributed by atoms with Crippen molar-refractivity contribution >= 4 is 35.0 Å². The van der Waals surface area contributed by atoms with Gasteiger partial charge >= 0.3 is 0 Å². The molecule has 1 fully saturated rings. The van der Waals surface area contributed by atoms with E-state index in [-0.39, 0.29) is 24.3 Å². The fourth-order valence-corrected chi connectivity index (χ4v) is 4.89. The molecule has 3 amide bonds. The van der Waals surface area contributed by atoms with Crippen molar-refractivity contribution in [3.8, 4) is 0 Å². The number of rotatable bonds is 5. The summed E-state index contributed by atoms with van der Waals surface area (Å²) >= 11 is 6.19. The molecule has 1 N–H and O–H groups in total. The molecular formula is C27H24ClN3O3. The van der Waals surface area contributed by atoms with Crippen LogP contribution in [0.2, 0.25) is 5.02 Å². The lowest BCUT2D eigenvalue weighted by Gasteiger charge is -2.26. The molecular weight excluding hydrogens is 450 g/mol. The number of amides is 3. The Morgan fingerprint density at radius 2 is 1.79 bits per heavy atom. The molecule has 2 heterocycles. The van der Waals surface area contributed by atoms with Gasteiger partial charge in [0.15, 0.2) is 0 Å². The van der Waals surface area contributed by atoms with E-state index in [0.717, 1.165) is 17.5 Å².